The molecule has 3 atom stereocenters. The monoisotopic (exact) mass is 397 g/mol. The maximum Gasteiger partial charge on any atom is 0.344 e. The van der Waals surface area contributed by atoms with E-state index in [1.807, 2.05) is 12.1 Å². The zero-order valence-electron chi connectivity index (χ0n) is 14.1. The topological polar surface area (TPSA) is 64.6 Å². The van der Waals surface area contributed by atoms with Crippen molar-refractivity contribution in [3.63, 3.8) is 0 Å². The highest BCUT2D eigenvalue weighted by Gasteiger charge is 2.28. The lowest BCUT2D eigenvalue weighted by atomic mass is 9.78. The highest BCUT2D eigenvalue weighted by Crippen LogP contribution is 2.29. The van der Waals surface area contributed by atoms with Gasteiger partial charge in [0.05, 0.1) is 0 Å². The van der Waals surface area contributed by atoms with Gasteiger partial charge in [-0.25, -0.2) is 4.79 Å². The molecule has 1 aromatic rings. The van der Waals surface area contributed by atoms with Crippen molar-refractivity contribution in [2.24, 2.45) is 11.8 Å². The number of hydrogen-bond acceptors (Lipinski definition) is 4. The van der Waals surface area contributed by atoms with E-state index in [-0.39, 0.29) is 25.2 Å². The predicted molar refractivity (Wildman–Crippen MR) is 94.7 cm³/mol. The van der Waals surface area contributed by atoms with Gasteiger partial charge >= 0.3 is 5.97 Å². The Morgan fingerprint density at radius 3 is 2.58 bits per heavy atom. The van der Waals surface area contributed by atoms with Crippen LogP contribution in [-0.4, -0.2) is 31.1 Å². The Hall–Kier alpha value is -1.56. The third-order valence-corrected chi connectivity index (χ3v) is 5.12. The summed E-state index contributed by atoms with van der Waals surface area (Å²) in [5.41, 5.74) is 0. The second-order valence-electron chi connectivity index (χ2n) is 6.34. The van der Waals surface area contributed by atoms with Crippen LogP contribution in [0.25, 0.3) is 0 Å². The van der Waals surface area contributed by atoms with Crippen LogP contribution in [0.4, 0.5) is 0 Å². The molecule has 0 saturated heterocycles. The first-order valence-corrected chi connectivity index (χ1v) is 9.08. The second kappa shape index (κ2) is 9.06. The number of hydrogen-bond donors (Lipinski definition) is 1. The number of carbonyl (C=O) groups is 2. The summed E-state index contributed by atoms with van der Waals surface area (Å²) in [6.07, 6.45) is 3.31. The van der Waals surface area contributed by atoms with Crippen LogP contribution < -0.4 is 10.1 Å². The van der Waals surface area contributed by atoms with Crippen LogP contribution in [-0.2, 0) is 14.3 Å². The smallest absolute Gasteiger partial charge is 0.344 e. The van der Waals surface area contributed by atoms with Gasteiger partial charge in [0.1, 0.15) is 5.75 Å². The normalized spacial score (nSPS) is 23.4. The van der Waals surface area contributed by atoms with Gasteiger partial charge in [-0.2, -0.15) is 0 Å². The first kappa shape index (κ1) is 18.8. The SMILES string of the molecule is C[C@@H]1[C@H](C)CCC[C@@H]1NC(=O)COC(=O)COc1ccc(Br)cc1. The van der Waals surface area contributed by atoms with Gasteiger partial charge in [0.15, 0.2) is 13.2 Å². The third kappa shape index (κ3) is 5.82. The molecule has 24 heavy (non-hydrogen) atoms. The fraction of sp³-hybridized carbons (Fsp3) is 0.556. The Morgan fingerprint density at radius 2 is 1.88 bits per heavy atom. The average molecular weight is 398 g/mol. The van der Waals surface area contributed by atoms with Crippen molar-refractivity contribution in [3.8, 4) is 5.75 Å². The molecular formula is C18H24BrNO4. The number of carbonyl (C=O) groups excluding carboxylic acids is 2. The average Bonchev–Trinajstić information content (AvgIpc) is 2.56. The summed E-state index contributed by atoms with van der Waals surface area (Å²) < 4.78 is 11.2. The number of ether oxygens (including phenoxy) is 2. The predicted octanol–water partition coefficient (Wildman–Crippen LogP) is 3.31. The largest absolute Gasteiger partial charge is 0.482 e. The Morgan fingerprint density at radius 1 is 1.17 bits per heavy atom. The van der Waals surface area contributed by atoms with E-state index in [0.717, 1.165) is 17.3 Å². The van der Waals surface area contributed by atoms with Crippen LogP contribution in [0, 0.1) is 11.8 Å². The lowest BCUT2D eigenvalue weighted by Crippen LogP contribution is -2.45. The van der Waals surface area contributed by atoms with Gasteiger partial charge < -0.3 is 14.8 Å². The van der Waals surface area contributed by atoms with Gasteiger partial charge in [0.25, 0.3) is 5.91 Å². The lowest BCUT2D eigenvalue weighted by molar-refractivity contribution is -0.150. The standard InChI is InChI=1S/C18H24BrNO4/c1-12-4-3-5-16(13(12)2)20-17(21)10-24-18(22)11-23-15-8-6-14(19)7-9-15/h6-9,12-13,16H,3-5,10-11H2,1-2H3,(H,20,21)/t12-,13-,16+/m1/s1. The summed E-state index contributed by atoms with van der Waals surface area (Å²) in [6, 6.07) is 7.30. The van der Waals surface area contributed by atoms with Crippen molar-refractivity contribution >= 4 is 27.8 Å². The zero-order chi connectivity index (χ0) is 17.5. The molecule has 0 aliphatic heterocycles. The summed E-state index contributed by atoms with van der Waals surface area (Å²) in [4.78, 5) is 23.6. The summed E-state index contributed by atoms with van der Waals surface area (Å²) in [7, 11) is 0. The molecule has 0 aromatic heterocycles. The van der Waals surface area contributed by atoms with E-state index in [1.165, 1.54) is 6.42 Å². The first-order valence-electron chi connectivity index (χ1n) is 8.29. The fourth-order valence-corrected chi connectivity index (χ4v) is 3.16. The van der Waals surface area contributed by atoms with Crippen molar-refractivity contribution in [1.29, 1.82) is 0 Å². The quantitative estimate of drug-likeness (QED) is 0.747. The molecule has 0 bridgehead atoms. The molecule has 1 fully saturated rings. The number of halogens is 1. The Bertz CT molecular complexity index is 561. The van der Waals surface area contributed by atoms with Crippen molar-refractivity contribution in [2.75, 3.05) is 13.2 Å². The molecule has 1 aliphatic carbocycles. The number of benzene rings is 1. The minimum Gasteiger partial charge on any atom is -0.482 e. The van der Waals surface area contributed by atoms with Crippen molar-refractivity contribution in [2.45, 2.75) is 39.2 Å². The molecule has 1 aromatic carbocycles. The highest BCUT2D eigenvalue weighted by atomic mass is 79.9. The molecule has 5 nitrogen and oxygen atoms in total. The Kier molecular flexibility index (Phi) is 7.09. The molecule has 132 valence electrons. The van der Waals surface area contributed by atoms with Crippen molar-refractivity contribution < 1.29 is 19.1 Å². The van der Waals surface area contributed by atoms with E-state index in [4.69, 9.17) is 9.47 Å². The first-order chi connectivity index (χ1) is 11.5. The van der Waals surface area contributed by atoms with Gasteiger partial charge in [0.2, 0.25) is 0 Å². The maximum absolute atomic E-state index is 11.9. The van der Waals surface area contributed by atoms with E-state index < -0.39 is 5.97 Å². The lowest BCUT2D eigenvalue weighted by Gasteiger charge is -2.34. The van der Waals surface area contributed by atoms with Gasteiger partial charge in [-0.05, 0) is 42.5 Å². The van der Waals surface area contributed by atoms with Gasteiger partial charge in [-0.15, -0.1) is 0 Å². The summed E-state index contributed by atoms with van der Waals surface area (Å²) in [6.45, 7) is 3.89. The summed E-state index contributed by atoms with van der Waals surface area (Å²) >= 11 is 3.32. The van der Waals surface area contributed by atoms with Crippen molar-refractivity contribution in [1.82, 2.24) is 5.32 Å². The van der Waals surface area contributed by atoms with Crippen LogP contribution in [0.5, 0.6) is 5.75 Å². The minimum absolute atomic E-state index is 0.166. The minimum atomic E-state index is -0.557. The molecular weight excluding hydrogens is 374 g/mol. The number of amides is 1. The maximum atomic E-state index is 11.9. The molecule has 1 amide bonds. The number of nitrogens with one attached hydrogen (secondary N) is 1. The molecule has 0 radical (unpaired) electrons. The molecule has 0 heterocycles. The second-order valence-corrected chi connectivity index (χ2v) is 7.26. The molecule has 2 rings (SSSR count). The van der Waals surface area contributed by atoms with Crippen LogP contribution in [0.2, 0.25) is 0 Å². The van der Waals surface area contributed by atoms with Crippen molar-refractivity contribution in [3.05, 3.63) is 28.7 Å². The van der Waals surface area contributed by atoms with E-state index in [9.17, 15) is 9.59 Å². The molecule has 6 heteroatoms. The number of esters is 1. The molecule has 1 aliphatic rings. The zero-order valence-corrected chi connectivity index (χ0v) is 15.7. The molecule has 0 spiro atoms. The molecule has 1 saturated carbocycles. The van der Waals surface area contributed by atoms with Crippen LogP contribution in [0.3, 0.4) is 0 Å². The molecule has 1 N–H and O–H groups in total. The van der Waals surface area contributed by atoms with E-state index in [0.29, 0.717) is 17.6 Å². The van der Waals surface area contributed by atoms with Crippen LogP contribution >= 0.6 is 15.9 Å². The summed E-state index contributed by atoms with van der Waals surface area (Å²) in [5.74, 6) is 0.811. The summed E-state index contributed by atoms with van der Waals surface area (Å²) in [5, 5.41) is 2.97. The van der Waals surface area contributed by atoms with Gasteiger partial charge in [0, 0.05) is 10.5 Å². The number of rotatable bonds is 6. The van der Waals surface area contributed by atoms with Crippen LogP contribution in [0.1, 0.15) is 33.1 Å². The van der Waals surface area contributed by atoms with E-state index in [1.54, 1.807) is 12.1 Å². The Labute approximate surface area is 151 Å². The van der Waals surface area contributed by atoms with Gasteiger partial charge in [-0.3, -0.25) is 4.79 Å². The fourth-order valence-electron chi connectivity index (χ4n) is 2.89. The van der Waals surface area contributed by atoms with E-state index in [2.05, 4.69) is 35.1 Å². The Balaban J connectivity index is 1.67. The highest BCUT2D eigenvalue weighted by molar-refractivity contribution is 9.10. The molecule has 0 unspecified atom stereocenters. The third-order valence-electron chi connectivity index (χ3n) is 4.59. The van der Waals surface area contributed by atoms with Gasteiger partial charge in [-0.1, -0.05) is 42.6 Å². The van der Waals surface area contributed by atoms with Crippen LogP contribution in [0.15, 0.2) is 28.7 Å². The van der Waals surface area contributed by atoms with E-state index >= 15 is 0 Å².